The molecule has 2 heterocycles. The van der Waals surface area contributed by atoms with Crippen LogP contribution in [0.2, 0.25) is 0 Å². The third-order valence-corrected chi connectivity index (χ3v) is 5.12. The molecule has 1 aliphatic heterocycles. The lowest BCUT2D eigenvalue weighted by atomic mass is 10.1. The van der Waals surface area contributed by atoms with Gasteiger partial charge in [0.15, 0.2) is 0 Å². The normalized spacial score (nSPS) is 18.5. The Kier molecular flexibility index (Phi) is 4.92. The van der Waals surface area contributed by atoms with Gasteiger partial charge in [-0.15, -0.1) is 11.3 Å². The molecule has 0 spiro atoms. The Balaban J connectivity index is 1.81. The Hall–Kier alpha value is -1.85. The standard InChI is InChI=1S/C19H24N2O2S/c1-19(2,3)23-18(22)21-12-11-20-13-15(21)17-10-9-16(24-17)14-7-5-4-6-8-14/h4-10,15,20H,11-13H2,1-3H3. The van der Waals surface area contributed by atoms with Crippen LogP contribution in [-0.4, -0.2) is 36.2 Å². The van der Waals surface area contributed by atoms with Crippen molar-refractivity contribution in [2.45, 2.75) is 32.4 Å². The molecule has 1 N–H and O–H groups in total. The highest BCUT2D eigenvalue weighted by molar-refractivity contribution is 7.15. The first-order valence-electron chi connectivity index (χ1n) is 8.29. The molecular weight excluding hydrogens is 320 g/mol. The van der Waals surface area contributed by atoms with Crippen LogP contribution in [0.5, 0.6) is 0 Å². The summed E-state index contributed by atoms with van der Waals surface area (Å²) in [6.07, 6.45) is -0.233. The number of ether oxygens (including phenoxy) is 1. The molecule has 2 aromatic rings. The van der Waals surface area contributed by atoms with Crippen LogP contribution in [0.1, 0.15) is 31.7 Å². The third-order valence-electron chi connectivity index (χ3n) is 3.88. The number of hydrogen-bond acceptors (Lipinski definition) is 4. The van der Waals surface area contributed by atoms with Crippen molar-refractivity contribution in [2.24, 2.45) is 0 Å². The number of amides is 1. The highest BCUT2D eigenvalue weighted by atomic mass is 32.1. The fourth-order valence-electron chi connectivity index (χ4n) is 2.79. The van der Waals surface area contributed by atoms with E-state index in [2.05, 4.69) is 29.6 Å². The largest absolute Gasteiger partial charge is 0.444 e. The zero-order chi connectivity index (χ0) is 17.2. The highest BCUT2D eigenvalue weighted by Crippen LogP contribution is 2.34. The predicted octanol–water partition coefficient (Wildman–Crippen LogP) is 4.30. The van der Waals surface area contributed by atoms with E-state index >= 15 is 0 Å². The van der Waals surface area contributed by atoms with E-state index in [0.29, 0.717) is 6.54 Å². The molecule has 1 aliphatic rings. The van der Waals surface area contributed by atoms with Crippen molar-refractivity contribution < 1.29 is 9.53 Å². The first-order valence-corrected chi connectivity index (χ1v) is 9.11. The van der Waals surface area contributed by atoms with E-state index < -0.39 is 5.60 Å². The van der Waals surface area contributed by atoms with E-state index in [1.165, 1.54) is 15.3 Å². The molecule has 1 unspecified atom stereocenters. The maximum absolute atomic E-state index is 12.6. The molecule has 0 radical (unpaired) electrons. The number of carbonyl (C=O) groups is 1. The van der Waals surface area contributed by atoms with Gasteiger partial charge in [0.05, 0.1) is 6.04 Å². The summed E-state index contributed by atoms with van der Waals surface area (Å²) >= 11 is 1.74. The average molecular weight is 344 g/mol. The van der Waals surface area contributed by atoms with Gasteiger partial charge in [-0.25, -0.2) is 4.79 Å². The van der Waals surface area contributed by atoms with Crippen molar-refractivity contribution in [2.75, 3.05) is 19.6 Å². The minimum Gasteiger partial charge on any atom is -0.444 e. The quantitative estimate of drug-likeness (QED) is 0.883. The first kappa shape index (κ1) is 17.0. The number of benzene rings is 1. The summed E-state index contributed by atoms with van der Waals surface area (Å²) in [6, 6.07) is 14.6. The molecule has 1 aromatic heterocycles. The van der Waals surface area contributed by atoms with Crippen LogP contribution in [-0.2, 0) is 4.74 Å². The summed E-state index contributed by atoms with van der Waals surface area (Å²) in [7, 11) is 0. The summed E-state index contributed by atoms with van der Waals surface area (Å²) in [5.74, 6) is 0. The van der Waals surface area contributed by atoms with E-state index in [1.54, 1.807) is 11.3 Å². The molecule has 0 saturated carbocycles. The molecule has 4 nitrogen and oxygen atoms in total. The second-order valence-electron chi connectivity index (χ2n) is 6.96. The monoisotopic (exact) mass is 344 g/mol. The minimum absolute atomic E-state index is 0.0241. The van der Waals surface area contributed by atoms with Crippen molar-refractivity contribution >= 4 is 17.4 Å². The molecule has 1 fully saturated rings. The van der Waals surface area contributed by atoms with Gasteiger partial charge in [-0.05, 0) is 38.5 Å². The first-order chi connectivity index (χ1) is 11.4. The van der Waals surface area contributed by atoms with Gasteiger partial charge in [-0.2, -0.15) is 0 Å². The maximum Gasteiger partial charge on any atom is 0.410 e. The van der Waals surface area contributed by atoms with Gasteiger partial charge in [0, 0.05) is 29.4 Å². The molecule has 0 bridgehead atoms. The molecule has 1 amide bonds. The number of thiophene rings is 1. The van der Waals surface area contributed by atoms with Gasteiger partial charge in [0.2, 0.25) is 0 Å². The van der Waals surface area contributed by atoms with Crippen molar-refractivity contribution in [3.05, 3.63) is 47.3 Å². The summed E-state index contributed by atoms with van der Waals surface area (Å²) in [4.78, 5) is 16.8. The summed E-state index contributed by atoms with van der Waals surface area (Å²) in [5, 5.41) is 3.39. The number of rotatable bonds is 2. The maximum atomic E-state index is 12.6. The van der Waals surface area contributed by atoms with Crippen LogP contribution in [0.4, 0.5) is 4.79 Å². The van der Waals surface area contributed by atoms with E-state index in [-0.39, 0.29) is 12.1 Å². The van der Waals surface area contributed by atoms with Gasteiger partial charge >= 0.3 is 6.09 Å². The Bertz CT molecular complexity index is 691. The average Bonchev–Trinajstić information content (AvgIpc) is 3.04. The lowest BCUT2D eigenvalue weighted by Gasteiger charge is -2.36. The highest BCUT2D eigenvalue weighted by Gasteiger charge is 2.32. The smallest absolute Gasteiger partial charge is 0.410 e. The van der Waals surface area contributed by atoms with Gasteiger partial charge in [0.25, 0.3) is 0 Å². The van der Waals surface area contributed by atoms with E-state index in [4.69, 9.17) is 4.74 Å². The predicted molar refractivity (Wildman–Crippen MR) is 98.3 cm³/mol. The molecular formula is C19H24N2O2S. The molecule has 0 aliphatic carbocycles. The fourth-order valence-corrected chi connectivity index (χ4v) is 3.91. The Morgan fingerprint density at radius 2 is 1.96 bits per heavy atom. The molecule has 5 heteroatoms. The number of nitrogens with zero attached hydrogens (tertiary/aromatic N) is 1. The van der Waals surface area contributed by atoms with Crippen LogP contribution in [0, 0.1) is 0 Å². The number of piperazine rings is 1. The van der Waals surface area contributed by atoms with Gasteiger partial charge < -0.3 is 10.1 Å². The lowest BCUT2D eigenvalue weighted by Crippen LogP contribution is -2.49. The van der Waals surface area contributed by atoms with Gasteiger partial charge in [-0.3, -0.25) is 4.90 Å². The summed E-state index contributed by atoms with van der Waals surface area (Å²) in [5.41, 5.74) is 0.735. The molecule has 1 aromatic carbocycles. The Morgan fingerprint density at radius 1 is 1.21 bits per heavy atom. The molecule has 1 atom stereocenters. The van der Waals surface area contributed by atoms with Crippen LogP contribution >= 0.6 is 11.3 Å². The summed E-state index contributed by atoms with van der Waals surface area (Å²) in [6.45, 7) is 7.93. The number of nitrogens with one attached hydrogen (secondary N) is 1. The SMILES string of the molecule is CC(C)(C)OC(=O)N1CCNCC1c1ccc(-c2ccccc2)s1. The zero-order valence-corrected chi connectivity index (χ0v) is 15.2. The van der Waals surface area contributed by atoms with Crippen LogP contribution in [0.3, 0.4) is 0 Å². The second-order valence-corrected chi connectivity index (χ2v) is 8.08. The lowest BCUT2D eigenvalue weighted by molar-refractivity contribution is 0.0122. The molecule has 3 rings (SSSR count). The van der Waals surface area contributed by atoms with Crippen LogP contribution in [0.15, 0.2) is 42.5 Å². The Morgan fingerprint density at radius 3 is 2.67 bits per heavy atom. The van der Waals surface area contributed by atoms with Gasteiger partial charge in [-0.1, -0.05) is 30.3 Å². The molecule has 128 valence electrons. The van der Waals surface area contributed by atoms with E-state index in [1.807, 2.05) is 43.9 Å². The molecule has 1 saturated heterocycles. The summed E-state index contributed by atoms with van der Waals surface area (Å²) < 4.78 is 5.58. The van der Waals surface area contributed by atoms with Crippen molar-refractivity contribution in [3.8, 4) is 10.4 Å². The fraction of sp³-hybridized carbons (Fsp3) is 0.421. The van der Waals surface area contributed by atoms with Crippen LogP contribution in [0.25, 0.3) is 10.4 Å². The van der Waals surface area contributed by atoms with Crippen molar-refractivity contribution in [1.82, 2.24) is 10.2 Å². The minimum atomic E-state index is -0.475. The van der Waals surface area contributed by atoms with Crippen LogP contribution < -0.4 is 5.32 Å². The second kappa shape index (κ2) is 6.95. The van der Waals surface area contributed by atoms with Gasteiger partial charge in [0.1, 0.15) is 5.60 Å². The van der Waals surface area contributed by atoms with Crippen molar-refractivity contribution in [3.63, 3.8) is 0 Å². The number of carbonyl (C=O) groups excluding carboxylic acids is 1. The molecule has 24 heavy (non-hydrogen) atoms. The van der Waals surface area contributed by atoms with Crippen molar-refractivity contribution in [1.29, 1.82) is 0 Å². The number of hydrogen-bond donors (Lipinski definition) is 1. The van der Waals surface area contributed by atoms with E-state index in [9.17, 15) is 4.79 Å². The topological polar surface area (TPSA) is 41.6 Å². The van der Waals surface area contributed by atoms with E-state index in [0.717, 1.165) is 13.1 Å². The third kappa shape index (κ3) is 3.97. The Labute approximate surface area is 147 Å². The zero-order valence-electron chi connectivity index (χ0n) is 14.4.